The smallest absolute Gasteiger partial charge is 0.135 e. The van der Waals surface area contributed by atoms with Gasteiger partial charge in [0, 0.05) is 23.9 Å². The number of methoxy groups -OCH3 is 1. The highest BCUT2D eigenvalue weighted by Crippen LogP contribution is 2.23. The first-order valence-electron chi connectivity index (χ1n) is 7.69. The van der Waals surface area contributed by atoms with Crippen molar-refractivity contribution in [3.05, 3.63) is 53.7 Å². The van der Waals surface area contributed by atoms with Crippen LogP contribution in [0.1, 0.15) is 37.3 Å². The van der Waals surface area contributed by atoms with Gasteiger partial charge in [0.2, 0.25) is 0 Å². The van der Waals surface area contributed by atoms with Gasteiger partial charge in [-0.05, 0) is 30.7 Å². The Morgan fingerprint density at radius 3 is 2.68 bits per heavy atom. The third-order valence-electron chi connectivity index (χ3n) is 3.53. The van der Waals surface area contributed by atoms with Crippen LogP contribution in [-0.4, -0.2) is 24.4 Å². The summed E-state index contributed by atoms with van der Waals surface area (Å²) in [7, 11) is 1.62. The number of ether oxygens (including phenoxy) is 1. The summed E-state index contributed by atoms with van der Waals surface area (Å²) in [5.41, 5.74) is 1.99. The fraction of sp³-hybridized carbons (Fsp3) is 0.333. The lowest BCUT2D eigenvalue weighted by Crippen LogP contribution is -2.11. The monoisotopic (exact) mass is 297 g/mol. The van der Waals surface area contributed by atoms with Gasteiger partial charge < -0.3 is 10.1 Å². The Morgan fingerprint density at radius 1 is 1.14 bits per heavy atom. The summed E-state index contributed by atoms with van der Waals surface area (Å²) in [6, 6.07) is 11.4. The van der Waals surface area contributed by atoms with E-state index < -0.39 is 0 Å². The highest BCUT2D eigenvalue weighted by molar-refractivity contribution is 6.15. The van der Waals surface area contributed by atoms with E-state index in [9.17, 15) is 0 Å². The summed E-state index contributed by atoms with van der Waals surface area (Å²) in [4.78, 5) is 4.39. The second-order valence-corrected chi connectivity index (χ2v) is 5.11. The number of anilines is 1. The topological polar surface area (TPSA) is 58.0 Å². The second kappa shape index (κ2) is 8.17. The molecule has 1 aromatic heterocycles. The van der Waals surface area contributed by atoms with E-state index in [2.05, 4.69) is 17.2 Å². The van der Waals surface area contributed by atoms with Crippen molar-refractivity contribution in [1.82, 2.24) is 4.98 Å². The van der Waals surface area contributed by atoms with Crippen LogP contribution < -0.4 is 10.1 Å². The van der Waals surface area contributed by atoms with Gasteiger partial charge in [0.25, 0.3) is 0 Å². The Bertz CT molecular complexity index is 625. The van der Waals surface area contributed by atoms with E-state index in [1.807, 2.05) is 36.4 Å². The highest BCUT2D eigenvalue weighted by Gasteiger charge is 2.14. The van der Waals surface area contributed by atoms with Gasteiger partial charge >= 0.3 is 0 Å². The first-order valence-corrected chi connectivity index (χ1v) is 7.69. The molecule has 22 heavy (non-hydrogen) atoms. The van der Waals surface area contributed by atoms with Gasteiger partial charge in [-0.3, -0.25) is 5.41 Å². The Morgan fingerprint density at radius 2 is 1.91 bits per heavy atom. The molecule has 0 aliphatic rings. The van der Waals surface area contributed by atoms with Crippen LogP contribution in [-0.2, 0) is 0 Å². The molecule has 0 bridgehead atoms. The molecule has 0 aliphatic carbocycles. The van der Waals surface area contributed by atoms with Crippen LogP contribution in [0, 0.1) is 5.41 Å². The average Bonchev–Trinajstić information content (AvgIpc) is 2.58. The van der Waals surface area contributed by atoms with E-state index in [4.69, 9.17) is 10.1 Å². The number of hydrogen-bond acceptors (Lipinski definition) is 4. The minimum Gasteiger partial charge on any atom is -0.496 e. The summed E-state index contributed by atoms with van der Waals surface area (Å²) >= 11 is 0. The van der Waals surface area contributed by atoms with Crippen molar-refractivity contribution in [3.63, 3.8) is 0 Å². The molecule has 2 N–H and O–H groups in total. The van der Waals surface area contributed by atoms with Gasteiger partial charge in [-0.15, -0.1) is 0 Å². The molecular weight excluding hydrogens is 274 g/mol. The van der Waals surface area contributed by atoms with E-state index in [-0.39, 0.29) is 0 Å². The summed E-state index contributed by atoms with van der Waals surface area (Å²) < 4.78 is 5.36. The van der Waals surface area contributed by atoms with Crippen LogP contribution in [0.2, 0.25) is 0 Å². The maximum absolute atomic E-state index is 8.51. The zero-order valence-corrected chi connectivity index (χ0v) is 13.2. The molecule has 2 aromatic rings. The first-order chi connectivity index (χ1) is 10.8. The van der Waals surface area contributed by atoms with Gasteiger partial charge in [0.1, 0.15) is 11.6 Å². The molecule has 0 amide bonds. The lowest BCUT2D eigenvalue weighted by molar-refractivity contribution is 0.414. The van der Waals surface area contributed by atoms with Gasteiger partial charge in [-0.2, -0.15) is 0 Å². The number of benzene rings is 1. The number of nitrogens with zero attached hydrogens (tertiary/aromatic N) is 1. The van der Waals surface area contributed by atoms with Crippen molar-refractivity contribution in [2.45, 2.75) is 26.2 Å². The summed E-state index contributed by atoms with van der Waals surface area (Å²) in [6.07, 6.45) is 5.24. The molecule has 0 fully saturated rings. The number of pyridine rings is 1. The van der Waals surface area contributed by atoms with E-state index >= 15 is 0 Å². The Hall–Kier alpha value is -2.36. The summed E-state index contributed by atoms with van der Waals surface area (Å²) in [6.45, 7) is 3.06. The van der Waals surface area contributed by atoms with E-state index in [1.165, 1.54) is 12.8 Å². The predicted octanol–water partition coefficient (Wildman–Crippen LogP) is 4.11. The number of hydrogen-bond donors (Lipinski definition) is 2. The third-order valence-corrected chi connectivity index (χ3v) is 3.53. The highest BCUT2D eigenvalue weighted by atomic mass is 16.5. The molecular formula is C18H23N3O. The average molecular weight is 297 g/mol. The van der Waals surface area contributed by atoms with Gasteiger partial charge in [0.15, 0.2) is 0 Å². The fourth-order valence-corrected chi connectivity index (χ4v) is 2.33. The normalized spacial score (nSPS) is 10.3. The first kappa shape index (κ1) is 16.0. The molecule has 4 heteroatoms. The number of aromatic nitrogens is 1. The van der Waals surface area contributed by atoms with Gasteiger partial charge in [0.05, 0.1) is 12.8 Å². The van der Waals surface area contributed by atoms with E-state index in [1.54, 1.807) is 13.3 Å². The number of rotatable bonds is 8. The molecule has 0 atom stereocenters. The third kappa shape index (κ3) is 3.85. The number of para-hydroxylation sites is 1. The zero-order chi connectivity index (χ0) is 15.8. The molecule has 2 rings (SSSR count). The number of nitrogens with one attached hydrogen (secondary N) is 2. The second-order valence-electron chi connectivity index (χ2n) is 5.11. The van der Waals surface area contributed by atoms with Crippen molar-refractivity contribution in [2.75, 3.05) is 19.0 Å². The lowest BCUT2D eigenvalue weighted by atomic mass is 10.0. The van der Waals surface area contributed by atoms with Crippen LogP contribution in [0.4, 0.5) is 5.82 Å². The minimum absolute atomic E-state index is 0.420. The Balaban J connectivity index is 2.22. The fourth-order valence-electron chi connectivity index (χ4n) is 2.33. The molecule has 116 valence electrons. The van der Waals surface area contributed by atoms with Crippen molar-refractivity contribution < 1.29 is 4.74 Å². The summed E-state index contributed by atoms with van der Waals surface area (Å²) in [5, 5.41) is 11.9. The van der Waals surface area contributed by atoms with E-state index in [0.29, 0.717) is 11.5 Å². The largest absolute Gasteiger partial charge is 0.496 e. The predicted molar refractivity (Wildman–Crippen MR) is 91.2 cm³/mol. The van der Waals surface area contributed by atoms with Gasteiger partial charge in [-0.1, -0.05) is 31.9 Å². The summed E-state index contributed by atoms with van der Waals surface area (Å²) in [5.74, 6) is 1.46. The van der Waals surface area contributed by atoms with Crippen molar-refractivity contribution in [2.24, 2.45) is 0 Å². The molecule has 0 aliphatic heterocycles. The molecule has 0 saturated heterocycles. The van der Waals surface area contributed by atoms with Gasteiger partial charge in [-0.25, -0.2) is 4.98 Å². The molecule has 0 spiro atoms. The lowest BCUT2D eigenvalue weighted by Gasteiger charge is -2.13. The van der Waals surface area contributed by atoms with Crippen molar-refractivity contribution >= 4 is 11.5 Å². The minimum atomic E-state index is 0.420. The van der Waals surface area contributed by atoms with E-state index in [0.717, 1.165) is 29.9 Å². The Labute approximate surface area is 132 Å². The standard InChI is InChI=1S/C18H23N3O/c1-3-4-7-12-20-18-15(10-8-13-21-18)17(19)14-9-5-6-11-16(14)22-2/h5-6,8-11,13,19H,3-4,7,12H2,1-2H3,(H,20,21). The van der Waals surface area contributed by atoms with Crippen LogP contribution in [0.5, 0.6) is 5.75 Å². The van der Waals surface area contributed by atoms with Crippen molar-refractivity contribution in [1.29, 1.82) is 5.41 Å². The van der Waals surface area contributed by atoms with Crippen LogP contribution in [0.15, 0.2) is 42.6 Å². The van der Waals surface area contributed by atoms with Crippen LogP contribution >= 0.6 is 0 Å². The SMILES string of the molecule is CCCCCNc1ncccc1C(=N)c1ccccc1OC. The maximum atomic E-state index is 8.51. The number of unbranched alkanes of at least 4 members (excludes halogenated alkanes) is 2. The van der Waals surface area contributed by atoms with Crippen LogP contribution in [0.3, 0.4) is 0 Å². The quantitative estimate of drug-likeness (QED) is 0.569. The molecule has 0 radical (unpaired) electrons. The maximum Gasteiger partial charge on any atom is 0.135 e. The van der Waals surface area contributed by atoms with Crippen LogP contribution in [0.25, 0.3) is 0 Å². The zero-order valence-electron chi connectivity index (χ0n) is 13.2. The molecule has 0 unspecified atom stereocenters. The molecule has 0 saturated carbocycles. The Kier molecular flexibility index (Phi) is 5.95. The van der Waals surface area contributed by atoms with Crippen molar-refractivity contribution in [3.8, 4) is 5.75 Å². The molecule has 1 heterocycles. The molecule has 1 aromatic carbocycles. The molecule has 4 nitrogen and oxygen atoms in total.